The van der Waals surface area contributed by atoms with Crippen molar-refractivity contribution in [3.05, 3.63) is 0 Å². The molecule has 0 radical (unpaired) electrons. The lowest BCUT2D eigenvalue weighted by Gasteiger charge is -2.24. The molecule has 1 saturated heterocycles. The second-order valence-corrected chi connectivity index (χ2v) is 3.81. The lowest BCUT2D eigenvalue weighted by Crippen LogP contribution is -2.43. The highest BCUT2D eigenvalue weighted by Crippen LogP contribution is 2.25. The first-order chi connectivity index (χ1) is 4.56. The van der Waals surface area contributed by atoms with Gasteiger partial charge in [0.15, 0.2) is 0 Å². The molecule has 1 heterocycles. The molecule has 1 rings (SSSR count). The average Bonchev–Trinajstić information content (AvgIpc) is 2.04. The van der Waals surface area contributed by atoms with Crippen LogP contribution < -0.4 is 5.73 Å². The van der Waals surface area contributed by atoms with Gasteiger partial charge < -0.3 is 10.6 Å². The maximum absolute atomic E-state index is 6.08. The van der Waals surface area contributed by atoms with E-state index in [0.717, 1.165) is 6.54 Å². The fourth-order valence-electron chi connectivity index (χ4n) is 1.96. The van der Waals surface area contributed by atoms with Crippen LogP contribution in [-0.2, 0) is 0 Å². The Labute approximate surface area is 63.4 Å². The fourth-order valence-corrected chi connectivity index (χ4v) is 1.96. The van der Waals surface area contributed by atoms with Crippen molar-refractivity contribution < 1.29 is 0 Å². The van der Waals surface area contributed by atoms with Crippen LogP contribution in [0.15, 0.2) is 0 Å². The normalized spacial score (nSPS) is 42.6. The van der Waals surface area contributed by atoms with Gasteiger partial charge in [0.05, 0.1) is 0 Å². The van der Waals surface area contributed by atoms with Crippen LogP contribution in [0.4, 0.5) is 0 Å². The van der Waals surface area contributed by atoms with Crippen molar-refractivity contribution in [1.29, 1.82) is 0 Å². The van der Waals surface area contributed by atoms with Crippen LogP contribution in [0.5, 0.6) is 0 Å². The van der Waals surface area contributed by atoms with Gasteiger partial charge in [-0.15, -0.1) is 0 Å². The predicted octanol–water partition coefficient (Wildman–Crippen LogP) is 0.675. The molecule has 2 heteroatoms. The van der Waals surface area contributed by atoms with Crippen LogP contribution in [0, 0.1) is 5.92 Å². The summed E-state index contributed by atoms with van der Waals surface area (Å²) in [6, 6.07) is 0. The van der Waals surface area contributed by atoms with E-state index in [9.17, 15) is 0 Å². The van der Waals surface area contributed by atoms with Crippen LogP contribution >= 0.6 is 0 Å². The van der Waals surface area contributed by atoms with Crippen molar-refractivity contribution >= 4 is 0 Å². The van der Waals surface area contributed by atoms with Crippen molar-refractivity contribution in [2.24, 2.45) is 11.7 Å². The summed E-state index contributed by atoms with van der Waals surface area (Å²) in [6.45, 7) is 6.59. The molecule has 0 spiro atoms. The minimum Gasteiger partial charge on any atom is -0.324 e. The van der Waals surface area contributed by atoms with Crippen LogP contribution in [0.2, 0.25) is 0 Å². The van der Waals surface area contributed by atoms with Crippen molar-refractivity contribution in [2.45, 2.75) is 25.8 Å². The Morgan fingerprint density at radius 2 is 2.30 bits per heavy atom. The summed E-state index contributed by atoms with van der Waals surface area (Å²) in [5.41, 5.74) is 6.14. The molecule has 0 aliphatic carbocycles. The second-order valence-electron chi connectivity index (χ2n) is 3.81. The third kappa shape index (κ3) is 1.32. The summed E-state index contributed by atoms with van der Waals surface area (Å²) in [5.74, 6) is 0.692. The molecule has 60 valence electrons. The maximum Gasteiger partial charge on any atom is 0.0295 e. The summed E-state index contributed by atoms with van der Waals surface area (Å²) in [4.78, 5) is 2.31. The van der Waals surface area contributed by atoms with Gasteiger partial charge >= 0.3 is 0 Å². The molecule has 1 fully saturated rings. The van der Waals surface area contributed by atoms with Crippen molar-refractivity contribution in [1.82, 2.24) is 4.90 Å². The summed E-state index contributed by atoms with van der Waals surface area (Å²) in [6.07, 6.45) is 1.21. The first-order valence-electron chi connectivity index (χ1n) is 4.03. The Balaban J connectivity index is 2.58. The van der Waals surface area contributed by atoms with E-state index in [1.54, 1.807) is 0 Å². The smallest absolute Gasteiger partial charge is 0.0295 e. The minimum absolute atomic E-state index is 0.0590. The van der Waals surface area contributed by atoms with Gasteiger partial charge in [-0.1, -0.05) is 13.3 Å². The number of hydrogen-bond acceptors (Lipinski definition) is 2. The van der Waals surface area contributed by atoms with E-state index in [0.29, 0.717) is 5.92 Å². The van der Waals surface area contributed by atoms with Crippen LogP contribution in [0.25, 0.3) is 0 Å². The van der Waals surface area contributed by atoms with Crippen molar-refractivity contribution in [3.63, 3.8) is 0 Å². The topological polar surface area (TPSA) is 29.3 Å². The van der Waals surface area contributed by atoms with Gasteiger partial charge in [-0.25, -0.2) is 0 Å². The highest BCUT2D eigenvalue weighted by Gasteiger charge is 2.36. The number of nitrogens with zero attached hydrogens (tertiary/aromatic N) is 1. The highest BCUT2D eigenvalue weighted by molar-refractivity contribution is 4.95. The zero-order valence-corrected chi connectivity index (χ0v) is 7.22. The minimum atomic E-state index is 0.0590. The van der Waals surface area contributed by atoms with E-state index in [2.05, 4.69) is 25.8 Å². The highest BCUT2D eigenvalue weighted by atomic mass is 15.2. The van der Waals surface area contributed by atoms with Gasteiger partial charge in [0, 0.05) is 18.6 Å². The molecule has 1 aliphatic rings. The molecule has 2 N–H and O–H groups in total. The lowest BCUT2D eigenvalue weighted by molar-refractivity contribution is 0.364. The monoisotopic (exact) mass is 142 g/mol. The average molecular weight is 142 g/mol. The molecule has 1 aliphatic heterocycles. The zero-order chi connectivity index (χ0) is 7.78. The van der Waals surface area contributed by atoms with E-state index in [-0.39, 0.29) is 5.54 Å². The third-order valence-corrected chi connectivity index (χ3v) is 2.57. The molecule has 2 atom stereocenters. The Morgan fingerprint density at radius 3 is 2.50 bits per heavy atom. The van der Waals surface area contributed by atoms with Gasteiger partial charge in [0.25, 0.3) is 0 Å². The summed E-state index contributed by atoms with van der Waals surface area (Å²) in [5, 5.41) is 0. The molecular weight excluding hydrogens is 124 g/mol. The van der Waals surface area contributed by atoms with E-state index >= 15 is 0 Å². The molecule has 0 aromatic heterocycles. The van der Waals surface area contributed by atoms with Gasteiger partial charge in [0.2, 0.25) is 0 Å². The molecule has 10 heavy (non-hydrogen) atoms. The van der Waals surface area contributed by atoms with E-state index in [1.807, 2.05) is 0 Å². The lowest BCUT2D eigenvalue weighted by atomic mass is 9.88. The van der Waals surface area contributed by atoms with Crippen LogP contribution in [0.1, 0.15) is 20.3 Å². The zero-order valence-electron chi connectivity index (χ0n) is 7.22. The Hall–Kier alpha value is -0.0800. The fraction of sp³-hybridized carbons (Fsp3) is 1.00. The van der Waals surface area contributed by atoms with Gasteiger partial charge in [-0.3, -0.25) is 0 Å². The number of likely N-dealkylation sites (N-methyl/N-ethyl adjacent to an activating group) is 1. The Bertz CT molecular complexity index is 120. The second kappa shape index (κ2) is 2.51. The van der Waals surface area contributed by atoms with Crippen LogP contribution in [0.3, 0.4) is 0 Å². The largest absolute Gasteiger partial charge is 0.324 e. The first kappa shape index (κ1) is 8.02. The third-order valence-electron chi connectivity index (χ3n) is 2.57. The molecular formula is C8H18N2. The number of likely N-dealkylation sites (tertiary alicyclic amines) is 1. The molecule has 0 bridgehead atoms. The van der Waals surface area contributed by atoms with Gasteiger partial charge in [-0.2, -0.15) is 0 Å². The maximum atomic E-state index is 6.08. The Kier molecular flexibility index (Phi) is 2.02. The van der Waals surface area contributed by atoms with Crippen molar-refractivity contribution in [2.75, 3.05) is 20.1 Å². The quantitative estimate of drug-likeness (QED) is 0.583. The number of nitrogens with two attached hydrogens (primary N) is 1. The summed E-state index contributed by atoms with van der Waals surface area (Å²) >= 11 is 0. The van der Waals surface area contributed by atoms with E-state index < -0.39 is 0 Å². The standard InChI is InChI=1S/C8H18N2/c1-4-7-5-10(3)6-8(7,2)9/h7H,4-6,9H2,1-3H3/t7-,8+/m0/s1. The van der Waals surface area contributed by atoms with Gasteiger partial charge in [-0.05, 0) is 19.9 Å². The predicted molar refractivity (Wildman–Crippen MR) is 43.9 cm³/mol. The van der Waals surface area contributed by atoms with Crippen molar-refractivity contribution in [3.8, 4) is 0 Å². The molecule has 2 nitrogen and oxygen atoms in total. The molecule has 0 unspecified atom stereocenters. The Morgan fingerprint density at radius 1 is 1.70 bits per heavy atom. The van der Waals surface area contributed by atoms with Gasteiger partial charge in [0.1, 0.15) is 0 Å². The molecule has 0 aromatic rings. The summed E-state index contributed by atoms with van der Waals surface area (Å²) < 4.78 is 0. The van der Waals surface area contributed by atoms with E-state index in [4.69, 9.17) is 5.73 Å². The summed E-state index contributed by atoms with van der Waals surface area (Å²) in [7, 11) is 2.14. The molecule has 0 saturated carbocycles. The number of rotatable bonds is 1. The molecule has 0 amide bonds. The van der Waals surface area contributed by atoms with E-state index in [1.165, 1.54) is 13.0 Å². The first-order valence-corrected chi connectivity index (χ1v) is 4.03. The number of hydrogen-bond donors (Lipinski definition) is 1. The van der Waals surface area contributed by atoms with Crippen LogP contribution in [-0.4, -0.2) is 30.6 Å². The molecule has 0 aromatic carbocycles. The SMILES string of the molecule is CC[C@H]1CN(C)C[C@@]1(C)N.